The minimum absolute atomic E-state index is 0.104. The van der Waals surface area contributed by atoms with E-state index in [1.54, 1.807) is 44.1 Å². The molecule has 1 aliphatic heterocycles. The van der Waals surface area contributed by atoms with E-state index in [1.807, 2.05) is 0 Å². The lowest BCUT2D eigenvalue weighted by molar-refractivity contribution is -0.131. The molecule has 0 spiro atoms. The molecule has 1 amide bonds. The number of carbonyl (C=O) groups is 1. The van der Waals surface area contributed by atoms with E-state index in [4.69, 9.17) is 0 Å². The molecule has 0 radical (unpaired) electrons. The molecule has 2 aromatic heterocycles. The molecule has 0 bridgehead atoms. The van der Waals surface area contributed by atoms with Crippen LogP contribution < -0.4 is 10.2 Å². The third kappa shape index (κ3) is 4.10. The van der Waals surface area contributed by atoms with Crippen LogP contribution in [0.1, 0.15) is 31.4 Å². The van der Waals surface area contributed by atoms with Crippen molar-refractivity contribution in [3.8, 4) is 0 Å². The maximum absolute atomic E-state index is 12.7. The molecule has 1 atom stereocenters. The summed E-state index contributed by atoms with van der Waals surface area (Å²) in [4.78, 5) is 31.9. The van der Waals surface area contributed by atoms with Gasteiger partial charge in [-0.1, -0.05) is 0 Å². The van der Waals surface area contributed by atoms with Crippen LogP contribution in [0, 0.1) is 5.41 Å². The van der Waals surface area contributed by atoms with E-state index < -0.39 is 5.41 Å². The molecule has 0 aromatic carbocycles. The van der Waals surface area contributed by atoms with Crippen LogP contribution in [0.3, 0.4) is 0 Å². The second kappa shape index (κ2) is 8.00. The van der Waals surface area contributed by atoms with Gasteiger partial charge in [0, 0.05) is 51.1 Å². The summed E-state index contributed by atoms with van der Waals surface area (Å²) in [6.45, 7) is 1.53. The average molecular weight is 340 g/mol. The fraction of sp³-hybridized carbons (Fsp3) is 0.500. The van der Waals surface area contributed by atoms with Gasteiger partial charge in [0.1, 0.15) is 0 Å². The first-order valence-electron chi connectivity index (χ1n) is 8.72. The maximum Gasteiger partial charge on any atom is 0.227 e. The second-order valence-electron chi connectivity index (χ2n) is 6.48. The van der Waals surface area contributed by atoms with Crippen LogP contribution in [-0.2, 0) is 11.2 Å². The Morgan fingerprint density at radius 1 is 1.24 bits per heavy atom. The predicted octanol–water partition coefficient (Wildman–Crippen LogP) is 1.62. The standard InChI is InChI=1S/C18H24N6O/c1-19-16(25)18(6-2-5-15-13-20-10-11-21-15)7-3-12-24(14-18)17-22-8-4-9-23-17/h4,8-11,13H,2-3,5-7,12,14H2,1H3,(H,19,25). The van der Waals surface area contributed by atoms with Crippen molar-refractivity contribution >= 4 is 11.9 Å². The Balaban J connectivity index is 1.70. The lowest BCUT2D eigenvalue weighted by Crippen LogP contribution is -2.52. The van der Waals surface area contributed by atoms with Gasteiger partial charge in [-0.3, -0.25) is 14.8 Å². The van der Waals surface area contributed by atoms with E-state index in [9.17, 15) is 4.79 Å². The van der Waals surface area contributed by atoms with Crippen molar-refractivity contribution < 1.29 is 4.79 Å². The molecule has 7 nitrogen and oxygen atoms in total. The molecule has 0 aliphatic carbocycles. The maximum atomic E-state index is 12.7. The zero-order chi connectivity index (χ0) is 17.5. The Morgan fingerprint density at radius 2 is 2.08 bits per heavy atom. The summed E-state index contributed by atoms with van der Waals surface area (Å²) >= 11 is 0. The first-order chi connectivity index (χ1) is 12.2. The van der Waals surface area contributed by atoms with E-state index in [2.05, 4.69) is 30.2 Å². The topological polar surface area (TPSA) is 83.9 Å². The number of aromatic nitrogens is 4. The molecule has 1 N–H and O–H groups in total. The summed E-state index contributed by atoms with van der Waals surface area (Å²) in [5.41, 5.74) is 0.558. The van der Waals surface area contributed by atoms with E-state index >= 15 is 0 Å². The quantitative estimate of drug-likeness (QED) is 0.860. The summed E-state index contributed by atoms with van der Waals surface area (Å²) in [5.74, 6) is 0.802. The van der Waals surface area contributed by atoms with Gasteiger partial charge in [-0.25, -0.2) is 9.97 Å². The monoisotopic (exact) mass is 340 g/mol. The van der Waals surface area contributed by atoms with Gasteiger partial charge >= 0.3 is 0 Å². The molecule has 25 heavy (non-hydrogen) atoms. The summed E-state index contributed by atoms with van der Waals surface area (Å²) in [7, 11) is 1.71. The highest BCUT2D eigenvalue weighted by Crippen LogP contribution is 2.36. The van der Waals surface area contributed by atoms with E-state index in [-0.39, 0.29) is 5.91 Å². The molecule has 132 valence electrons. The Morgan fingerprint density at radius 3 is 2.80 bits per heavy atom. The number of hydrogen-bond donors (Lipinski definition) is 1. The van der Waals surface area contributed by atoms with Crippen LogP contribution in [0.5, 0.6) is 0 Å². The van der Waals surface area contributed by atoms with Crippen LogP contribution in [-0.4, -0.2) is 46.0 Å². The van der Waals surface area contributed by atoms with Crippen molar-refractivity contribution in [1.29, 1.82) is 0 Å². The molecular formula is C18H24N6O. The van der Waals surface area contributed by atoms with Gasteiger partial charge in [0.05, 0.1) is 11.1 Å². The summed E-state index contributed by atoms with van der Waals surface area (Å²) in [6, 6.07) is 1.81. The molecule has 0 saturated carbocycles. The Labute approximate surface area is 147 Å². The SMILES string of the molecule is CNC(=O)C1(CCCc2cnccn2)CCCN(c2ncccn2)C1. The molecule has 1 saturated heterocycles. The lowest BCUT2D eigenvalue weighted by Gasteiger charge is -2.41. The number of nitrogens with one attached hydrogen (secondary N) is 1. The van der Waals surface area contributed by atoms with Crippen molar-refractivity contribution in [2.24, 2.45) is 5.41 Å². The predicted molar refractivity (Wildman–Crippen MR) is 94.9 cm³/mol. The smallest absolute Gasteiger partial charge is 0.227 e. The Kier molecular flexibility index (Phi) is 5.53. The van der Waals surface area contributed by atoms with Gasteiger partial charge in [0.15, 0.2) is 0 Å². The van der Waals surface area contributed by atoms with Gasteiger partial charge in [0.25, 0.3) is 0 Å². The van der Waals surface area contributed by atoms with Crippen LogP contribution in [0.4, 0.5) is 5.95 Å². The summed E-state index contributed by atoms with van der Waals surface area (Å²) in [6.07, 6.45) is 13.0. The normalized spacial score (nSPS) is 20.3. The number of amides is 1. The number of nitrogens with zero attached hydrogens (tertiary/aromatic N) is 5. The van der Waals surface area contributed by atoms with Crippen molar-refractivity contribution in [1.82, 2.24) is 25.3 Å². The number of aryl methyl sites for hydroxylation is 1. The van der Waals surface area contributed by atoms with Crippen LogP contribution in [0.25, 0.3) is 0 Å². The lowest BCUT2D eigenvalue weighted by atomic mass is 9.75. The number of carbonyl (C=O) groups excluding carboxylic acids is 1. The molecule has 1 unspecified atom stereocenters. The molecule has 7 heteroatoms. The van der Waals surface area contributed by atoms with Crippen molar-refractivity contribution in [2.45, 2.75) is 32.1 Å². The average Bonchev–Trinajstić information content (AvgIpc) is 2.69. The number of hydrogen-bond acceptors (Lipinski definition) is 6. The van der Waals surface area contributed by atoms with Gasteiger partial charge < -0.3 is 10.2 Å². The first kappa shape index (κ1) is 17.3. The fourth-order valence-corrected chi connectivity index (χ4v) is 3.59. The molecular weight excluding hydrogens is 316 g/mol. The van der Waals surface area contributed by atoms with Crippen LogP contribution >= 0.6 is 0 Å². The van der Waals surface area contributed by atoms with Gasteiger partial charge in [-0.15, -0.1) is 0 Å². The number of anilines is 1. The third-order valence-electron chi connectivity index (χ3n) is 4.83. The van der Waals surface area contributed by atoms with Gasteiger partial charge in [-0.2, -0.15) is 0 Å². The van der Waals surface area contributed by atoms with E-state index in [0.717, 1.165) is 44.3 Å². The number of piperidine rings is 1. The minimum Gasteiger partial charge on any atom is -0.359 e. The molecule has 2 aromatic rings. The Hall–Kier alpha value is -2.57. The summed E-state index contributed by atoms with van der Waals surface area (Å²) < 4.78 is 0. The fourth-order valence-electron chi connectivity index (χ4n) is 3.59. The van der Waals surface area contributed by atoms with Gasteiger partial charge in [0.2, 0.25) is 11.9 Å². The van der Waals surface area contributed by atoms with Crippen molar-refractivity contribution in [2.75, 3.05) is 25.0 Å². The van der Waals surface area contributed by atoms with E-state index in [1.165, 1.54) is 0 Å². The zero-order valence-electron chi connectivity index (χ0n) is 14.6. The third-order valence-corrected chi connectivity index (χ3v) is 4.83. The highest BCUT2D eigenvalue weighted by Gasteiger charge is 2.41. The zero-order valence-corrected chi connectivity index (χ0v) is 14.6. The second-order valence-corrected chi connectivity index (χ2v) is 6.48. The van der Waals surface area contributed by atoms with Crippen LogP contribution in [0.2, 0.25) is 0 Å². The van der Waals surface area contributed by atoms with E-state index in [0.29, 0.717) is 12.5 Å². The van der Waals surface area contributed by atoms with Gasteiger partial charge in [-0.05, 0) is 38.2 Å². The largest absolute Gasteiger partial charge is 0.359 e. The minimum atomic E-state index is -0.408. The molecule has 3 heterocycles. The first-order valence-corrected chi connectivity index (χ1v) is 8.72. The van der Waals surface area contributed by atoms with Crippen LogP contribution in [0.15, 0.2) is 37.1 Å². The molecule has 3 rings (SSSR count). The van der Waals surface area contributed by atoms with Crippen molar-refractivity contribution in [3.05, 3.63) is 42.7 Å². The Bertz CT molecular complexity index is 680. The molecule has 1 aliphatic rings. The molecule has 1 fully saturated rings. The highest BCUT2D eigenvalue weighted by atomic mass is 16.2. The highest BCUT2D eigenvalue weighted by molar-refractivity contribution is 5.83. The summed E-state index contributed by atoms with van der Waals surface area (Å²) in [5, 5.41) is 2.86. The number of rotatable bonds is 6. The van der Waals surface area contributed by atoms with Crippen molar-refractivity contribution in [3.63, 3.8) is 0 Å².